The lowest BCUT2D eigenvalue weighted by Crippen LogP contribution is -2.56. The Hall–Kier alpha value is -0.120. The fourth-order valence-corrected chi connectivity index (χ4v) is 2.00. The van der Waals surface area contributed by atoms with Crippen LogP contribution < -0.4 is 5.73 Å². The summed E-state index contributed by atoms with van der Waals surface area (Å²) < 4.78 is 11.2. The summed E-state index contributed by atoms with van der Waals surface area (Å²) in [4.78, 5) is 0. The van der Waals surface area contributed by atoms with E-state index in [4.69, 9.17) is 15.2 Å². The van der Waals surface area contributed by atoms with E-state index in [0.29, 0.717) is 6.61 Å². The van der Waals surface area contributed by atoms with Crippen LogP contribution in [0, 0.1) is 0 Å². The lowest BCUT2D eigenvalue weighted by atomic mass is 9.89. The minimum Gasteiger partial charge on any atom is -0.374 e. The zero-order chi connectivity index (χ0) is 9.73. The van der Waals surface area contributed by atoms with Gasteiger partial charge in [-0.05, 0) is 33.1 Å². The molecule has 0 bridgehead atoms. The highest BCUT2D eigenvalue weighted by molar-refractivity contribution is 4.87. The molecular formula is C10H21NO2. The van der Waals surface area contributed by atoms with Crippen LogP contribution in [0.4, 0.5) is 0 Å². The van der Waals surface area contributed by atoms with Crippen LogP contribution in [0.1, 0.15) is 39.5 Å². The first-order chi connectivity index (χ1) is 6.23. The Labute approximate surface area is 80.6 Å². The maximum absolute atomic E-state index is 6.15. The summed E-state index contributed by atoms with van der Waals surface area (Å²) >= 11 is 0. The number of rotatable bonds is 4. The molecule has 1 fully saturated rings. The van der Waals surface area contributed by atoms with Crippen molar-refractivity contribution < 1.29 is 9.47 Å². The van der Waals surface area contributed by atoms with Crippen LogP contribution >= 0.6 is 0 Å². The molecule has 0 radical (unpaired) electrons. The number of ether oxygens (including phenoxy) is 2. The van der Waals surface area contributed by atoms with E-state index in [0.717, 1.165) is 25.9 Å². The molecular weight excluding hydrogens is 166 g/mol. The average Bonchev–Trinajstić information content (AvgIpc) is 2.10. The van der Waals surface area contributed by atoms with Gasteiger partial charge in [0, 0.05) is 13.2 Å². The second kappa shape index (κ2) is 4.94. The lowest BCUT2D eigenvalue weighted by molar-refractivity contribution is -0.158. The van der Waals surface area contributed by atoms with Gasteiger partial charge in [-0.25, -0.2) is 0 Å². The van der Waals surface area contributed by atoms with Gasteiger partial charge in [0.05, 0.1) is 6.10 Å². The highest BCUT2D eigenvalue weighted by Crippen LogP contribution is 2.29. The van der Waals surface area contributed by atoms with Crippen LogP contribution in [0.2, 0.25) is 0 Å². The Kier molecular flexibility index (Phi) is 4.16. The number of hydrogen-bond acceptors (Lipinski definition) is 3. The molecule has 0 spiro atoms. The smallest absolute Gasteiger partial charge is 0.143 e. The maximum Gasteiger partial charge on any atom is 0.143 e. The number of hydrogen-bond donors (Lipinski definition) is 1. The molecule has 0 aromatic rings. The molecule has 1 aliphatic rings. The van der Waals surface area contributed by atoms with Gasteiger partial charge in [0.25, 0.3) is 0 Å². The Bertz CT molecular complexity index is 146. The molecule has 13 heavy (non-hydrogen) atoms. The van der Waals surface area contributed by atoms with Crippen molar-refractivity contribution in [3.8, 4) is 0 Å². The minimum atomic E-state index is -0.525. The summed E-state index contributed by atoms with van der Waals surface area (Å²) in [5.74, 6) is 0. The fourth-order valence-electron chi connectivity index (χ4n) is 2.00. The Morgan fingerprint density at radius 3 is 2.69 bits per heavy atom. The minimum absolute atomic E-state index is 0.0891. The maximum atomic E-state index is 6.15. The van der Waals surface area contributed by atoms with Crippen LogP contribution in [0.25, 0.3) is 0 Å². The van der Waals surface area contributed by atoms with Gasteiger partial charge in [0.2, 0.25) is 0 Å². The van der Waals surface area contributed by atoms with Crippen LogP contribution in [-0.4, -0.2) is 25.0 Å². The second-order valence-corrected chi connectivity index (χ2v) is 3.58. The van der Waals surface area contributed by atoms with Gasteiger partial charge in [-0.2, -0.15) is 0 Å². The molecule has 1 rings (SSSR count). The Morgan fingerprint density at radius 1 is 1.31 bits per heavy atom. The molecule has 2 unspecified atom stereocenters. The Morgan fingerprint density at radius 2 is 2.08 bits per heavy atom. The third-order valence-electron chi connectivity index (χ3n) is 2.61. The van der Waals surface area contributed by atoms with E-state index in [1.165, 1.54) is 6.42 Å². The molecule has 1 saturated carbocycles. The first-order valence-corrected chi connectivity index (χ1v) is 5.27. The molecule has 3 heteroatoms. The zero-order valence-electron chi connectivity index (χ0n) is 8.71. The third kappa shape index (κ3) is 2.66. The lowest BCUT2D eigenvalue weighted by Gasteiger charge is -2.40. The van der Waals surface area contributed by atoms with Crippen LogP contribution in [-0.2, 0) is 9.47 Å². The van der Waals surface area contributed by atoms with E-state index >= 15 is 0 Å². The molecule has 0 amide bonds. The molecule has 0 aliphatic heterocycles. The highest BCUT2D eigenvalue weighted by atomic mass is 16.6. The van der Waals surface area contributed by atoms with E-state index in [-0.39, 0.29) is 6.10 Å². The van der Waals surface area contributed by atoms with Gasteiger partial charge in [0.1, 0.15) is 5.72 Å². The zero-order valence-corrected chi connectivity index (χ0v) is 8.71. The largest absolute Gasteiger partial charge is 0.374 e. The molecule has 2 atom stereocenters. The van der Waals surface area contributed by atoms with Gasteiger partial charge in [-0.1, -0.05) is 6.42 Å². The van der Waals surface area contributed by atoms with E-state index < -0.39 is 5.72 Å². The molecule has 0 aromatic carbocycles. The van der Waals surface area contributed by atoms with Crippen molar-refractivity contribution in [2.75, 3.05) is 13.2 Å². The van der Waals surface area contributed by atoms with Gasteiger partial charge in [-0.3, -0.25) is 0 Å². The van der Waals surface area contributed by atoms with Crippen molar-refractivity contribution in [3.05, 3.63) is 0 Å². The van der Waals surface area contributed by atoms with Crippen molar-refractivity contribution >= 4 is 0 Å². The summed E-state index contributed by atoms with van der Waals surface area (Å²) in [5.41, 5.74) is 5.63. The van der Waals surface area contributed by atoms with E-state index in [1.807, 2.05) is 13.8 Å². The normalized spacial score (nSPS) is 34.8. The van der Waals surface area contributed by atoms with Gasteiger partial charge in [-0.15, -0.1) is 0 Å². The molecule has 0 heterocycles. The molecule has 0 saturated heterocycles. The molecule has 2 N–H and O–H groups in total. The van der Waals surface area contributed by atoms with Crippen molar-refractivity contribution in [3.63, 3.8) is 0 Å². The predicted octanol–water partition coefficient (Wildman–Crippen LogP) is 1.66. The summed E-state index contributed by atoms with van der Waals surface area (Å²) in [7, 11) is 0. The average molecular weight is 187 g/mol. The quantitative estimate of drug-likeness (QED) is 0.681. The summed E-state index contributed by atoms with van der Waals surface area (Å²) in [6.07, 6.45) is 4.40. The van der Waals surface area contributed by atoms with Gasteiger partial charge >= 0.3 is 0 Å². The van der Waals surface area contributed by atoms with Crippen molar-refractivity contribution in [1.82, 2.24) is 0 Å². The van der Waals surface area contributed by atoms with Crippen molar-refractivity contribution in [2.45, 2.75) is 51.4 Å². The SMILES string of the molecule is CCOC1CCCCC1(N)OCC. The summed E-state index contributed by atoms with van der Waals surface area (Å²) in [6, 6.07) is 0. The first kappa shape index (κ1) is 11.0. The fraction of sp³-hybridized carbons (Fsp3) is 1.00. The summed E-state index contributed by atoms with van der Waals surface area (Å²) in [6.45, 7) is 5.37. The number of nitrogens with two attached hydrogens (primary N) is 1. The van der Waals surface area contributed by atoms with Crippen LogP contribution in [0.5, 0.6) is 0 Å². The highest BCUT2D eigenvalue weighted by Gasteiger charge is 2.38. The van der Waals surface area contributed by atoms with Gasteiger partial charge < -0.3 is 15.2 Å². The molecule has 0 aromatic heterocycles. The standard InChI is InChI=1S/C10H21NO2/c1-3-12-9-7-5-6-8-10(9,11)13-4-2/h9H,3-8,11H2,1-2H3. The third-order valence-corrected chi connectivity index (χ3v) is 2.61. The van der Waals surface area contributed by atoms with Crippen LogP contribution in [0.3, 0.4) is 0 Å². The molecule has 78 valence electrons. The van der Waals surface area contributed by atoms with E-state index in [1.54, 1.807) is 0 Å². The van der Waals surface area contributed by atoms with Crippen molar-refractivity contribution in [1.29, 1.82) is 0 Å². The summed E-state index contributed by atoms with van der Waals surface area (Å²) in [5, 5.41) is 0. The van der Waals surface area contributed by atoms with Crippen LogP contribution in [0.15, 0.2) is 0 Å². The predicted molar refractivity (Wildman–Crippen MR) is 52.4 cm³/mol. The monoisotopic (exact) mass is 187 g/mol. The molecule has 3 nitrogen and oxygen atoms in total. The second-order valence-electron chi connectivity index (χ2n) is 3.58. The van der Waals surface area contributed by atoms with E-state index in [2.05, 4.69) is 0 Å². The van der Waals surface area contributed by atoms with Gasteiger partial charge in [0.15, 0.2) is 0 Å². The van der Waals surface area contributed by atoms with Crippen molar-refractivity contribution in [2.24, 2.45) is 5.73 Å². The topological polar surface area (TPSA) is 44.5 Å². The van der Waals surface area contributed by atoms with E-state index in [9.17, 15) is 0 Å². The first-order valence-electron chi connectivity index (χ1n) is 5.27. The Balaban J connectivity index is 2.54. The molecule has 1 aliphatic carbocycles.